The van der Waals surface area contributed by atoms with Crippen molar-refractivity contribution in [3.05, 3.63) is 51.4 Å². The van der Waals surface area contributed by atoms with E-state index in [1.807, 2.05) is 0 Å². The number of aldehydes is 1. The molecule has 3 rings (SSSR count). The summed E-state index contributed by atoms with van der Waals surface area (Å²) in [6, 6.07) is 5.88. The normalized spacial score (nSPS) is 12.2. The highest BCUT2D eigenvalue weighted by atomic mass is 32.1. The van der Waals surface area contributed by atoms with Crippen molar-refractivity contribution >= 4 is 40.5 Å². The van der Waals surface area contributed by atoms with Gasteiger partial charge in [0.15, 0.2) is 6.61 Å². The number of fused-ring (bicyclic) bond motifs is 1. The summed E-state index contributed by atoms with van der Waals surface area (Å²) in [5, 5.41) is 3.09. The SMILES string of the molecule is CCOC(=O)c1c(NC(=O)COC(=O)c2ccc(C=O)cc2)sc2c1CCC2. The predicted octanol–water partition coefficient (Wildman–Crippen LogP) is 3.02. The average molecular weight is 401 g/mol. The molecule has 28 heavy (non-hydrogen) atoms. The van der Waals surface area contributed by atoms with Gasteiger partial charge >= 0.3 is 11.9 Å². The van der Waals surface area contributed by atoms with Crippen LogP contribution in [0.25, 0.3) is 0 Å². The van der Waals surface area contributed by atoms with Crippen molar-refractivity contribution in [1.82, 2.24) is 0 Å². The molecule has 1 amide bonds. The number of carbonyl (C=O) groups is 4. The highest BCUT2D eigenvalue weighted by Gasteiger charge is 2.28. The lowest BCUT2D eigenvalue weighted by Gasteiger charge is -2.08. The molecule has 146 valence electrons. The Morgan fingerprint density at radius 1 is 1.11 bits per heavy atom. The summed E-state index contributed by atoms with van der Waals surface area (Å²) in [6.45, 7) is 1.49. The molecule has 1 heterocycles. The number of thiophene rings is 1. The van der Waals surface area contributed by atoms with E-state index >= 15 is 0 Å². The fourth-order valence-electron chi connectivity index (χ4n) is 2.99. The summed E-state index contributed by atoms with van der Waals surface area (Å²) >= 11 is 1.36. The lowest BCUT2D eigenvalue weighted by molar-refractivity contribution is -0.119. The summed E-state index contributed by atoms with van der Waals surface area (Å²) in [6.07, 6.45) is 3.29. The van der Waals surface area contributed by atoms with Crippen LogP contribution in [-0.2, 0) is 27.1 Å². The summed E-state index contributed by atoms with van der Waals surface area (Å²) in [5.74, 6) is -1.67. The van der Waals surface area contributed by atoms with Crippen LogP contribution in [0.15, 0.2) is 24.3 Å². The number of hydrogen-bond donors (Lipinski definition) is 1. The van der Waals surface area contributed by atoms with Gasteiger partial charge in [0.2, 0.25) is 0 Å². The number of ether oxygens (including phenoxy) is 2. The second-order valence-electron chi connectivity index (χ2n) is 6.15. The van der Waals surface area contributed by atoms with Gasteiger partial charge < -0.3 is 14.8 Å². The zero-order valence-electron chi connectivity index (χ0n) is 15.3. The minimum absolute atomic E-state index is 0.237. The number of benzene rings is 1. The van der Waals surface area contributed by atoms with Crippen LogP contribution in [0.5, 0.6) is 0 Å². The van der Waals surface area contributed by atoms with Crippen molar-refractivity contribution < 1.29 is 28.7 Å². The van der Waals surface area contributed by atoms with Gasteiger partial charge in [0, 0.05) is 10.4 Å². The Morgan fingerprint density at radius 2 is 1.86 bits per heavy atom. The molecular weight excluding hydrogens is 382 g/mol. The van der Waals surface area contributed by atoms with Gasteiger partial charge in [-0.1, -0.05) is 12.1 Å². The van der Waals surface area contributed by atoms with Gasteiger partial charge in [-0.05, 0) is 43.9 Å². The molecule has 1 aromatic carbocycles. The van der Waals surface area contributed by atoms with Crippen LogP contribution >= 0.6 is 11.3 Å². The third kappa shape index (κ3) is 4.28. The number of nitrogens with one attached hydrogen (secondary N) is 1. The zero-order chi connectivity index (χ0) is 20.1. The van der Waals surface area contributed by atoms with Gasteiger partial charge in [-0.15, -0.1) is 11.3 Å². The zero-order valence-corrected chi connectivity index (χ0v) is 16.1. The maximum atomic E-state index is 12.3. The molecule has 1 aliphatic carbocycles. The largest absolute Gasteiger partial charge is 0.462 e. The molecule has 1 aromatic heterocycles. The first kappa shape index (κ1) is 19.8. The molecule has 0 bridgehead atoms. The molecule has 7 nitrogen and oxygen atoms in total. The Morgan fingerprint density at radius 3 is 2.54 bits per heavy atom. The summed E-state index contributed by atoms with van der Waals surface area (Å²) in [5.41, 5.74) is 2.02. The fraction of sp³-hybridized carbons (Fsp3) is 0.300. The van der Waals surface area contributed by atoms with Gasteiger partial charge in [0.1, 0.15) is 11.3 Å². The molecule has 1 N–H and O–H groups in total. The molecule has 0 spiro atoms. The summed E-state index contributed by atoms with van der Waals surface area (Å²) < 4.78 is 10.1. The first-order valence-electron chi connectivity index (χ1n) is 8.87. The summed E-state index contributed by atoms with van der Waals surface area (Å²) in [7, 11) is 0. The smallest absolute Gasteiger partial charge is 0.341 e. The Hall–Kier alpha value is -3.00. The van der Waals surface area contributed by atoms with Crippen LogP contribution in [0.4, 0.5) is 5.00 Å². The van der Waals surface area contributed by atoms with Crippen molar-refractivity contribution in [1.29, 1.82) is 0 Å². The Kier molecular flexibility index (Phi) is 6.20. The van der Waals surface area contributed by atoms with Gasteiger partial charge in [0.05, 0.1) is 17.7 Å². The Balaban J connectivity index is 1.64. The molecule has 0 unspecified atom stereocenters. The van der Waals surface area contributed by atoms with Crippen LogP contribution in [0.2, 0.25) is 0 Å². The third-order valence-corrected chi connectivity index (χ3v) is 5.48. The van der Waals surface area contributed by atoms with E-state index in [1.54, 1.807) is 6.92 Å². The van der Waals surface area contributed by atoms with Crippen LogP contribution in [0.3, 0.4) is 0 Å². The van der Waals surface area contributed by atoms with Crippen LogP contribution in [-0.4, -0.2) is 37.3 Å². The van der Waals surface area contributed by atoms with Crippen molar-refractivity contribution in [2.24, 2.45) is 0 Å². The molecule has 1 aliphatic rings. The van der Waals surface area contributed by atoms with Crippen LogP contribution < -0.4 is 5.32 Å². The van der Waals surface area contributed by atoms with E-state index in [0.717, 1.165) is 29.7 Å². The molecule has 2 aromatic rings. The number of anilines is 1. The van der Waals surface area contributed by atoms with Crippen LogP contribution in [0.1, 0.15) is 54.9 Å². The molecule has 0 aliphatic heterocycles. The second kappa shape index (κ2) is 8.79. The van der Waals surface area contributed by atoms with Gasteiger partial charge in [0.25, 0.3) is 5.91 Å². The molecule has 0 fully saturated rings. The van der Waals surface area contributed by atoms with Crippen molar-refractivity contribution in [3.8, 4) is 0 Å². The van der Waals surface area contributed by atoms with E-state index in [4.69, 9.17) is 9.47 Å². The third-order valence-electron chi connectivity index (χ3n) is 4.27. The molecule has 0 saturated heterocycles. The Labute approximate surface area is 165 Å². The van der Waals surface area contributed by atoms with Crippen molar-refractivity contribution in [2.45, 2.75) is 26.2 Å². The number of aryl methyl sites for hydroxylation is 1. The average Bonchev–Trinajstić information content (AvgIpc) is 3.27. The molecule has 0 saturated carbocycles. The van der Waals surface area contributed by atoms with E-state index < -0.39 is 24.5 Å². The van der Waals surface area contributed by atoms with E-state index in [2.05, 4.69) is 5.32 Å². The maximum Gasteiger partial charge on any atom is 0.341 e. The number of amides is 1. The Bertz CT molecular complexity index is 916. The molecule has 8 heteroatoms. The van der Waals surface area contributed by atoms with Gasteiger partial charge in [-0.3, -0.25) is 9.59 Å². The monoisotopic (exact) mass is 401 g/mol. The summed E-state index contributed by atoms with van der Waals surface area (Å²) in [4.78, 5) is 48.3. The van der Waals surface area contributed by atoms with E-state index in [-0.39, 0.29) is 12.2 Å². The topological polar surface area (TPSA) is 98.8 Å². The number of rotatable bonds is 7. The number of hydrogen-bond acceptors (Lipinski definition) is 7. The van der Waals surface area contributed by atoms with Crippen molar-refractivity contribution in [3.63, 3.8) is 0 Å². The van der Waals surface area contributed by atoms with Crippen LogP contribution in [0, 0.1) is 0 Å². The highest BCUT2D eigenvalue weighted by molar-refractivity contribution is 7.17. The van der Waals surface area contributed by atoms with Crippen molar-refractivity contribution in [2.75, 3.05) is 18.5 Å². The molecule has 0 radical (unpaired) electrons. The minimum atomic E-state index is -0.674. The predicted molar refractivity (Wildman–Crippen MR) is 103 cm³/mol. The number of esters is 2. The molecule has 0 atom stereocenters. The number of carbonyl (C=O) groups excluding carboxylic acids is 4. The minimum Gasteiger partial charge on any atom is -0.462 e. The van der Waals surface area contributed by atoms with Gasteiger partial charge in [-0.25, -0.2) is 9.59 Å². The first-order valence-corrected chi connectivity index (χ1v) is 9.69. The van der Waals surface area contributed by atoms with Gasteiger partial charge in [-0.2, -0.15) is 0 Å². The fourth-order valence-corrected chi connectivity index (χ4v) is 4.28. The first-order chi connectivity index (χ1) is 13.5. The highest BCUT2D eigenvalue weighted by Crippen LogP contribution is 2.39. The van der Waals surface area contributed by atoms with E-state index in [9.17, 15) is 19.2 Å². The standard InChI is InChI=1S/C20H19NO6S/c1-2-26-20(25)17-14-4-3-5-15(14)28-18(17)21-16(23)11-27-19(24)13-8-6-12(10-22)7-9-13/h6-10H,2-5,11H2,1H3,(H,21,23). The quantitative estimate of drug-likeness (QED) is 0.566. The van der Waals surface area contributed by atoms with E-state index in [0.29, 0.717) is 22.4 Å². The lowest BCUT2D eigenvalue weighted by atomic mass is 10.1. The maximum absolute atomic E-state index is 12.3. The second-order valence-corrected chi connectivity index (χ2v) is 7.25. The molecular formula is C20H19NO6S. The van der Waals surface area contributed by atoms with E-state index in [1.165, 1.54) is 35.6 Å². The lowest BCUT2D eigenvalue weighted by Crippen LogP contribution is -2.22.